The summed E-state index contributed by atoms with van der Waals surface area (Å²) >= 11 is 0. The van der Waals surface area contributed by atoms with Gasteiger partial charge >= 0.3 is 0 Å². The van der Waals surface area contributed by atoms with Crippen LogP contribution >= 0.6 is 0 Å². The zero-order chi connectivity index (χ0) is 16.3. The number of hydrogen-bond acceptors (Lipinski definition) is 0. The van der Waals surface area contributed by atoms with Crippen LogP contribution in [0.1, 0.15) is 100 Å². The molecule has 0 fully saturated rings. The van der Waals surface area contributed by atoms with Crippen LogP contribution in [0.3, 0.4) is 0 Å². The van der Waals surface area contributed by atoms with E-state index in [1.54, 1.807) is 0 Å². The van der Waals surface area contributed by atoms with E-state index in [4.69, 9.17) is 0 Å². The van der Waals surface area contributed by atoms with E-state index < -0.39 is 0 Å². The van der Waals surface area contributed by atoms with Crippen molar-refractivity contribution in [2.75, 3.05) is 0 Å². The average molecular weight is 377 g/mol. The summed E-state index contributed by atoms with van der Waals surface area (Å²) in [5.74, 6) is 0. The van der Waals surface area contributed by atoms with Crippen LogP contribution < -0.4 is 0 Å². The molecule has 0 atom stereocenters. The van der Waals surface area contributed by atoms with Crippen molar-refractivity contribution < 1.29 is 21.1 Å². The molecule has 0 bridgehead atoms. The zero-order valence-corrected chi connectivity index (χ0v) is 18.1. The Morgan fingerprint density at radius 1 is 0.857 bits per heavy atom. The summed E-state index contributed by atoms with van der Waals surface area (Å²) in [5.41, 5.74) is 0.591. The largest absolute Gasteiger partial charge is 0.255 e. The van der Waals surface area contributed by atoms with Gasteiger partial charge in [-0.2, -0.15) is 6.08 Å². The van der Waals surface area contributed by atoms with Gasteiger partial charge in [-0.15, -0.1) is 6.42 Å². The minimum atomic E-state index is 0. The smallest absolute Gasteiger partial charge is 0 e. The number of allylic oxidation sites excluding steroid dienone is 4. The molecule has 0 N–H and O–H groups in total. The van der Waals surface area contributed by atoms with Gasteiger partial charge in [-0.3, -0.25) is 6.08 Å². The Morgan fingerprint density at radius 2 is 1.38 bits per heavy atom. The standard InChI is InChI=1S/C16H29.2C2H6.Mo/c1-5-9-10-11-12-13-15-16(7-3,8-4)14-6-2;2*1-2;/h9,11-12H,5-8,13-15H2,1-4H3;2*1-2H3;/q-1;;;/b12-11+;;;. The fraction of sp³-hybridized carbons (Fsp3) is 0.800. The Balaban J connectivity index is -0.000000264. The molecule has 0 rings (SSSR count). The summed E-state index contributed by atoms with van der Waals surface area (Å²) in [6, 6.07) is 0. The molecule has 0 saturated carbocycles. The van der Waals surface area contributed by atoms with E-state index in [0.29, 0.717) is 5.41 Å². The molecule has 0 spiro atoms. The van der Waals surface area contributed by atoms with Gasteiger partial charge in [-0.1, -0.05) is 87.5 Å². The van der Waals surface area contributed by atoms with Gasteiger partial charge in [0, 0.05) is 21.1 Å². The fourth-order valence-corrected chi connectivity index (χ4v) is 2.34. The quantitative estimate of drug-likeness (QED) is 0.219. The molecule has 128 valence electrons. The fourth-order valence-electron chi connectivity index (χ4n) is 2.34. The third-order valence-electron chi connectivity index (χ3n) is 3.66. The van der Waals surface area contributed by atoms with Crippen LogP contribution in [0.25, 0.3) is 0 Å². The molecule has 0 aromatic heterocycles. The normalized spacial score (nSPS) is 10.5. The van der Waals surface area contributed by atoms with Crippen LogP contribution in [0.4, 0.5) is 0 Å². The molecule has 0 heterocycles. The number of rotatable bonds is 9. The van der Waals surface area contributed by atoms with Gasteiger partial charge in [0.1, 0.15) is 0 Å². The summed E-state index contributed by atoms with van der Waals surface area (Å²) in [6.45, 7) is 17.1. The molecule has 0 aliphatic carbocycles. The summed E-state index contributed by atoms with van der Waals surface area (Å²) in [5, 5.41) is 0. The molecular weight excluding hydrogens is 336 g/mol. The van der Waals surface area contributed by atoms with Crippen molar-refractivity contribution in [3.8, 4) is 0 Å². The van der Waals surface area contributed by atoms with Gasteiger partial charge in [0.2, 0.25) is 0 Å². The van der Waals surface area contributed by atoms with Crippen molar-refractivity contribution in [3.63, 3.8) is 0 Å². The van der Waals surface area contributed by atoms with Crippen LogP contribution in [0.15, 0.2) is 18.2 Å². The molecule has 0 aromatic carbocycles. The first-order valence-corrected chi connectivity index (χ1v) is 8.97. The molecule has 0 aliphatic heterocycles. The second kappa shape index (κ2) is 25.1. The molecule has 0 aromatic rings. The third kappa shape index (κ3) is 18.1. The maximum atomic E-state index is 3.18. The van der Waals surface area contributed by atoms with Crippen molar-refractivity contribution in [2.45, 2.75) is 100 Å². The van der Waals surface area contributed by atoms with E-state index in [1.165, 1.54) is 38.5 Å². The molecular formula is C20H41Mo-. The predicted molar refractivity (Wildman–Crippen MR) is 97.1 cm³/mol. The maximum Gasteiger partial charge on any atom is 0 e. The number of hydrogen-bond donors (Lipinski definition) is 0. The van der Waals surface area contributed by atoms with Crippen molar-refractivity contribution in [1.82, 2.24) is 0 Å². The summed E-state index contributed by atoms with van der Waals surface area (Å²) < 4.78 is 0. The molecule has 0 saturated heterocycles. The van der Waals surface area contributed by atoms with E-state index in [0.717, 1.165) is 6.42 Å². The van der Waals surface area contributed by atoms with Gasteiger partial charge in [-0.05, 0) is 11.8 Å². The van der Waals surface area contributed by atoms with E-state index in [1.807, 2.05) is 27.7 Å². The molecule has 0 amide bonds. The summed E-state index contributed by atoms with van der Waals surface area (Å²) in [6.07, 6.45) is 18.5. The molecule has 21 heavy (non-hydrogen) atoms. The molecule has 0 nitrogen and oxygen atoms in total. The Morgan fingerprint density at radius 3 is 1.76 bits per heavy atom. The SMILES string of the molecule is CC.CC.CCC=[C-]/C=C/CCC(CC)(CC)CCC.[Mo]. The van der Waals surface area contributed by atoms with Gasteiger partial charge in [0.25, 0.3) is 0 Å². The van der Waals surface area contributed by atoms with Crippen molar-refractivity contribution in [3.05, 3.63) is 24.3 Å². The summed E-state index contributed by atoms with van der Waals surface area (Å²) in [4.78, 5) is 0. The first-order valence-electron chi connectivity index (χ1n) is 8.97. The molecule has 1 heteroatoms. The van der Waals surface area contributed by atoms with Crippen LogP contribution in [0.2, 0.25) is 0 Å². The van der Waals surface area contributed by atoms with E-state index in [9.17, 15) is 0 Å². The summed E-state index contributed by atoms with van der Waals surface area (Å²) in [7, 11) is 0. The molecule has 0 unspecified atom stereocenters. The maximum absolute atomic E-state index is 3.18. The Bertz CT molecular complexity index is 200. The Labute approximate surface area is 151 Å². The average Bonchev–Trinajstić information content (AvgIpc) is 2.53. The molecule has 0 radical (unpaired) electrons. The van der Waals surface area contributed by atoms with Gasteiger partial charge in [-0.25, -0.2) is 12.2 Å². The Hall–Kier alpha value is 0.168. The van der Waals surface area contributed by atoms with Crippen molar-refractivity contribution >= 4 is 0 Å². The first-order chi connectivity index (χ1) is 9.74. The Kier molecular flexibility index (Phi) is 35.0. The first kappa shape index (κ1) is 29.2. The zero-order valence-electron chi connectivity index (χ0n) is 16.1. The van der Waals surface area contributed by atoms with Gasteiger partial charge in [0.05, 0.1) is 0 Å². The van der Waals surface area contributed by atoms with Crippen molar-refractivity contribution in [1.29, 1.82) is 0 Å². The monoisotopic (exact) mass is 379 g/mol. The predicted octanol–water partition coefficient (Wildman–Crippen LogP) is 7.75. The second-order valence-electron chi connectivity index (χ2n) is 4.68. The van der Waals surface area contributed by atoms with E-state index in [2.05, 4.69) is 52.0 Å². The van der Waals surface area contributed by atoms with Gasteiger partial charge < -0.3 is 0 Å². The van der Waals surface area contributed by atoms with Crippen LogP contribution in [0, 0.1) is 11.5 Å². The van der Waals surface area contributed by atoms with Crippen LogP contribution in [-0.4, -0.2) is 0 Å². The van der Waals surface area contributed by atoms with Crippen molar-refractivity contribution in [2.24, 2.45) is 5.41 Å². The molecule has 0 aliphatic rings. The topological polar surface area (TPSA) is 0 Å². The van der Waals surface area contributed by atoms with Crippen LogP contribution in [0.5, 0.6) is 0 Å². The second-order valence-corrected chi connectivity index (χ2v) is 4.68. The van der Waals surface area contributed by atoms with E-state index in [-0.39, 0.29) is 21.1 Å². The third-order valence-corrected chi connectivity index (χ3v) is 3.66. The van der Waals surface area contributed by atoms with E-state index >= 15 is 0 Å². The van der Waals surface area contributed by atoms with Crippen LogP contribution in [-0.2, 0) is 21.1 Å². The minimum absolute atomic E-state index is 0. The van der Waals surface area contributed by atoms with Gasteiger partial charge in [0.15, 0.2) is 0 Å². The minimum Gasteiger partial charge on any atom is -0.255 e.